The lowest BCUT2D eigenvalue weighted by Crippen LogP contribution is -2.30. The van der Waals surface area contributed by atoms with Crippen LogP contribution in [0.2, 0.25) is 0 Å². The Hall–Kier alpha value is -2.55. The molecule has 4 nitrogen and oxygen atoms in total. The Morgan fingerprint density at radius 1 is 1.11 bits per heavy atom. The Morgan fingerprint density at radius 2 is 1.81 bits per heavy atom. The van der Waals surface area contributed by atoms with Gasteiger partial charge < -0.3 is 0 Å². The van der Waals surface area contributed by atoms with Crippen LogP contribution in [0, 0.1) is 5.82 Å². The van der Waals surface area contributed by atoms with Crippen molar-refractivity contribution >= 4 is 22.7 Å². The molecule has 1 aliphatic rings. The first-order valence-corrected chi connectivity index (χ1v) is 9.05. The van der Waals surface area contributed by atoms with Crippen molar-refractivity contribution in [1.82, 2.24) is 9.55 Å². The van der Waals surface area contributed by atoms with Crippen molar-refractivity contribution < 1.29 is 17.6 Å². The van der Waals surface area contributed by atoms with Crippen molar-refractivity contribution in [3.05, 3.63) is 62.6 Å². The molecule has 3 aromatic rings. The summed E-state index contributed by atoms with van der Waals surface area (Å²) in [5, 5.41) is -0.183. The van der Waals surface area contributed by atoms with Gasteiger partial charge in [-0.1, -0.05) is 12.1 Å². The molecule has 2 aromatic carbocycles. The van der Waals surface area contributed by atoms with Crippen LogP contribution in [0.4, 0.5) is 17.6 Å². The smallest absolute Gasteiger partial charge is 0.292 e. The number of hydrogen-bond donors (Lipinski definition) is 1. The molecule has 1 N–H and O–H groups in total. The molecule has 0 radical (unpaired) electrons. The van der Waals surface area contributed by atoms with Crippen LogP contribution in [0.15, 0.2) is 44.8 Å². The van der Waals surface area contributed by atoms with Crippen LogP contribution >= 0.6 is 11.8 Å². The van der Waals surface area contributed by atoms with E-state index in [4.69, 9.17) is 0 Å². The number of hydrogen-bond acceptors (Lipinski definition) is 3. The number of thioether (sulfide) groups is 1. The zero-order valence-electron chi connectivity index (χ0n) is 13.7. The number of aromatic amines is 1. The standard InChI is InChI=1S/C18H12F4N2O2S/c19-10-4-2-9(3-5-10)13-12(18(20,21)22)8-11-14-15(13)27-7-1-6-24(14)17(26)23-16(11)25/h2-5,8H,1,6-7H2,(H,23,25,26). The maximum Gasteiger partial charge on any atom is 0.417 e. The van der Waals surface area contributed by atoms with Gasteiger partial charge in [-0.3, -0.25) is 14.3 Å². The monoisotopic (exact) mass is 396 g/mol. The second-order valence-corrected chi connectivity index (χ2v) is 7.25. The van der Waals surface area contributed by atoms with Gasteiger partial charge in [0.05, 0.1) is 16.5 Å². The lowest BCUT2D eigenvalue weighted by molar-refractivity contribution is -0.137. The first kappa shape index (κ1) is 17.8. The van der Waals surface area contributed by atoms with E-state index in [0.29, 0.717) is 18.7 Å². The number of benzene rings is 2. The van der Waals surface area contributed by atoms with Crippen LogP contribution < -0.4 is 11.2 Å². The van der Waals surface area contributed by atoms with Crippen LogP contribution in [0.1, 0.15) is 12.0 Å². The van der Waals surface area contributed by atoms with E-state index in [1.54, 1.807) is 0 Å². The lowest BCUT2D eigenvalue weighted by Gasteiger charge is -2.19. The van der Waals surface area contributed by atoms with Gasteiger partial charge in [0.15, 0.2) is 0 Å². The number of aromatic nitrogens is 2. The lowest BCUT2D eigenvalue weighted by atomic mass is 9.96. The third kappa shape index (κ3) is 2.95. The number of rotatable bonds is 1. The summed E-state index contributed by atoms with van der Waals surface area (Å²) in [5.74, 6) is -0.0834. The van der Waals surface area contributed by atoms with Gasteiger partial charge in [-0.15, -0.1) is 11.8 Å². The third-order valence-electron chi connectivity index (χ3n) is 4.45. The topological polar surface area (TPSA) is 54.9 Å². The number of alkyl halides is 3. The zero-order chi connectivity index (χ0) is 19.3. The minimum absolute atomic E-state index is 0.138. The molecule has 4 rings (SSSR count). The Morgan fingerprint density at radius 3 is 2.48 bits per heavy atom. The van der Waals surface area contributed by atoms with E-state index in [0.717, 1.165) is 18.2 Å². The van der Waals surface area contributed by atoms with E-state index in [-0.39, 0.29) is 26.9 Å². The first-order valence-electron chi connectivity index (χ1n) is 8.07. The highest BCUT2D eigenvalue weighted by atomic mass is 32.2. The van der Waals surface area contributed by atoms with E-state index in [1.165, 1.54) is 28.5 Å². The van der Waals surface area contributed by atoms with Gasteiger partial charge in [-0.2, -0.15) is 13.2 Å². The van der Waals surface area contributed by atoms with Gasteiger partial charge in [-0.05, 0) is 35.9 Å². The fraction of sp³-hybridized carbons (Fsp3) is 0.222. The average molecular weight is 396 g/mol. The maximum absolute atomic E-state index is 13.8. The highest BCUT2D eigenvalue weighted by molar-refractivity contribution is 7.99. The van der Waals surface area contributed by atoms with Gasteiger partial charge >= 0.3 is 11.9 Å². The summed E-state index contributed by atoms with van der Waals surface area (Å²) in [7, 11) is 0. The molecule has 0 unspecified atom stereocenters. The molecule has 0 bridgehead atoms. The average Bonchev–Trinajstić information content (AvgIpc) is 2.82. The summed E-state index contributed by atoms with van der Waals surface area (Å²) in [4.78, 5) is 26.8. The van der Waals surface area contributed by atoms with Gasteiger partial charge in [0.25, 0.3) is 5.56 Å². The van der Waals surface area contributed by atoms with E-state index in [9.17, 15) is 27.2 Å². The number of nitrogens with zero attached hydrogens (tertiary/aromatic N) is 1. The van der Waals surface area contributed by atoms with E-state index in [2.05, 4.69) is 4.98 Å². The fourth-order valence-corrected chi connectivity index (χ4v) is 4.51. The molecule has 1 aromatic heterocycles. The normalized spacial score (nSPS) is 14.4. The number of aryl methyl sites for hydroxylation is 1. The summed E-state index contributed by atoms with van der Waals surface area (Å²) in [6, 6.07) is 5.47. The molecule has 0 fully saturated rings. The largest absolute Gasteiger partial charge is 0.417 e. The molecule has 140 valence electrons. The van der Waals surface area contributed by atoms with E-state index < -0.39 is 28.8 Å². The zero-order valence-corrected chi connectivity index (χ0v) is 14.5. The third-order valence-corrected chi connectivity index (χ3v) is 5.63. The summed E-state index contributed by atoms with van der Waals surface area (Å²) in [6.07, 6.45) is -4.17. The second kappa shape index (κ2) is 6.26. The Balaban J connectivity index is 2.23. The van der Waals surface area contributed by atoms with Gasteiger partial charge in [0.1, 0.15) is 5.82 Å². The Bertz CT molecular complexity index is 1160. The molecule has 2 heterocycles. The predicted octanol–water partition coefficient (Wildman–Crippen LogP) is 4.01. The Labute approximate surface area is 153 Å². The molecule has 0 amide bonds. The summed E-state index contributed by atoms with van der Waals surface area (Å²) < 4.78 is 56.1. The predicted molar refractivity (Wildman–Crippen MR) is 94.6 cm³/mol. The molecule has 0 aliphatic carbocycles. The SMILES string of the molecule is O=c1[nH]c(=O)n2c3c(c(-c4ccc(F)cc4)c(C(F)(F)F)cc13)SCCC2. The summed E-state index contributed by atoms with van der Waals surface area (Å²) in [6.45, 7) is 0.292. The van der Waals surface area contributed by atoms with Crippen molar-refractivity contribution in [1.29, 1.82) is 0 Å². The highest BCUT2D eigenvalue weighted by Crippen LogP contribution is 2.46. The molecule has 27 heavy (non-hydrogen) atoms. The molecular weight excluding hydrogens is 384 g/mol. The van der Waals surface area contributed by atoms with Crippen molar-refractivity contribution in [2.75, 3.05) is 5.75 Å². The molecule has 0 saturated carbocycles. The number of H-pyrrole nitrogens is 1. The minimum atomic E-state index is -4.73. The number of nitrogens with one attached hydrogen (secondary N) is 1. The highest BCUT2D eigenvalue weighted by Gasteiger charge is 2.37. The maximum atomic E-state index is 13.8. The van der Waals surface area contributed by atoms with Crippen LogP contribution in [-0.2, 0) is 12.7 Å². The molecule has 0 atom stereocenters. The second-order valence-electron chi connectivity index (χ2n) is 6.14. The fourth-order valence-electron chi connectivity index (χ4n) is 3.30. The van der Waals surface area contributed by atoms with Crippen molar-refractivity contribution in [2.45, 2.75) is 24.0 Å². The molecular formula is C18H12F4N2O2S. The van der Waals surface area contributed by atoms with Gasteiger partial charge in [0.2, 0.25) is 0 Å². The van der Waals surface area contributed by atoms with E-state index >= 15 is 0 Å². The van der Waals surface area contributed by atoms with E-state index in [1.807, 2.05) is 0 Å². The minimum Gasteiger partial charge on any atom is -0.292 e. The van der Waals surface area contributed by atoms with Gasteiger partial charge in [-0.25, -0.2) is 9.18 Å². The molecule has 0 saturated heterocycles. The van der Waals surface area contributed by atoms with Crippen molar-refractivity contribution in [2.24, 2.45) is 0 Å². The number of halogens is 4. The van der Waals surface area contributed by atoms with Gasteiger partial charge in [0, 0.05) is 17.0 Å². The van der Waals surface area contributed by atoms with Crippen LogP contribution in [0.5, 0.6) is 0 Å². The van der Waals surface area contributed by atoms with Crippen LogP contribution in [0.3, 0.4) is 0 Å². The van der Waals surface area contributed by atoms with Crippen molar-refractivity contribution in [3.8, 4) is 11.1 Å². The molecule has 1 aliphatic heterocycles. The summed E-state index contributed by atoms with van der Waals surface area (Å²) >= 11 is 1.17. The molecule has 9 heteroatoms. The quantitative estimate of drug-likeness (QED) is 0.633. The van der Waals surface area contributed by atoms with Crippen molar-refractivity contribution in [3.63, 3.8) is 0 Å². The molecule has 0 spiro atoms. The van der Waals surface area contributed by atoms with Crippen LogP contribution in [-0.4, -0.2) is 15.3 Å². The Kier molecular flexibility index (Phi) is 4.14. The summed E-state index contributed by atoms with van der Waals surface area (Å²) in [5.41, 5.74) is -2.26. The first-order chi connectivity index (χ1) is 12.8. The van der Waals surface area contributed by atoms with Crippen LogP contribution in [0.25, 0.3) is 22.0 Å².